The van der Waals surface area contributed by atoms with Crippen LogP contribution in [0.4, 0.5) is 0 Å². The molecule has 0 aromatic carbocycles. The maximum absolute atomic E-state index is 11.0. The van der Waals surface area contributed by atoms with E-state index in [4.69, 9.17) is 0 Å². The molecule has 3 fully saturated rings. The molecule has 92 valence electrons. The minimum Gasteiger partial charge on any atom is -0.388 e. The Bertz CT molecular complexity index is 271. The molecule has 0 amide bonds. The Morgan fingerprint density at radius 3 is 3.00 bits per heavy atom. The van der Waals surface area contributed by atoms with E-state index in [2.05, 4.69) is 17.1 Å². The van der Waals surface area contributed by atoms with Crippen LogP contribution in [0, 0.1) is 11.8 Å². The van der Waals surface area contributed by atoms with Crippen LogP contribution in [-0.2, 0) is 0 Å². The van der Waals surface area contributed by atoms with Crippen molar-refractivity contribution in [3.63, 3.8) is 0 Å². The van der Waals surface area contributed by atoms with Crippen LogP contribution < -0.4 is 5.32 Å². The number of fused-ring (bicyclic) bond motifs is 2. The van der Waals surface area contributed by atoms with E-state index in [0.717, 1.165) is 38.4 Å². The SMILES string of the molecule is CC1CCNC(C2(O)CCN3CCC2C3)C1. The van der Waals surface area contributed by atoms with Crippen molar-refractivity contribution in [3.8, 4) is 0 Å². The van der Waals surface area contributed by atoms with E-state index in [-0.39, 0.29) is 0 Å². The van der Waals surface area contributed by atoms with Crippen LogP contribution in [0.15, 0.2) is 0 Å². The third kappa shape index (κ3) is 1.69. The third-order valence-corrected chi connectivity index (χ3v) is 5.08. The fraction of sp³-hybridized carbons (Fsp3) is 1.00. The number of nitrogens with one attached hydrogen (secondary N) is 1. The predicted molar refractivity (Wildman–Crippen MR) is 64.3 cm³/mol. The van der Waals surface area contributed by atoms with Crippen molar-refractivity contribution in [2.75, 3.05) is 26.2 Å². The van der Waals surface area contributed by atoms with E-state index in [1.165, 1.54) is 19.4 Å². The van der Waals surface area contributed by atoms with Gasteiger partial charge in [0.05, 0.1) is 5.60 Å². The molecule has 3 rings (SSSR count). The zero-order valence-corrected chi connectivity index (χ0v) is 10.3. The average molecular weight is 224 g/mol. The summed E-state index contributed by atoms with van der Waals surface area (Å²) in [5.41, 5.74) is -0.415. The normalized spacial score (nSPS) is 52.9. The molecule has 3 heteroatoms. The summed E-state index contributed by atoms with van der Waals surface area (Å²) in [6, 6.07) is 0.349. The van der Waals surface area contributed by atoms with Gasteiger partial charge in [0.15, 0.2) is 0 Å². The fourth-order valence-corrected chi connectivity index (χ4v) is 3.93. The molecule has 3 heterocycles. The topological polar surface area (TPSA) is 35.5 Å². The van der Waals surface area contributed by atoms with Crippen molar-refractivity contribution in [2.24, 2.45) is 11.8 Å². The lowest BCUT2D eigenvalue weighted by Gasteiger charge is -2.47. The lowest BCUT2D eigenvalue weighted by molar-refractivity contribution is -0.0828. The molecule has 0 saturated carbocycles. The standard InChI is InChI=1S/C13H24N2O/c1-10-2-5-14-12(8-10)13(16)4-7-15-6-3-11(13)9-15/h10-12,14,16H,2-9H2,1H3. The third-order valence-electron chi connectivity index (χ3n) is 5.08. The highest BCUT2D eigenvalue weighted by Crippen LogP contribution is 2.40. The van der Waals surface area contributed by atoms with Gasteiger partial charge >= 0.3 is 0 Å². The number of aliphatic hydroxyl groups is 1. The van der Waals surface area contributed by atoms with Gasteiger partial charge in [0, 0.05) is 25.0 Å². The Morgan fingerprint density at radius 1 is 1.31 bits per heavy atom. The maximum atomic E-state index is 11.0. The second-order valence-corrected chi connectivity index (χ2v) is 6.16. The second kappa shape index (κ2) is 3.97. The minimum atomic E-state index is -0.415. The van der Waals surface area contributed by atoms with Crippen molar-refractivity contribution in [2.45, 2.75) is 44.2 Å². The van der Waals surface area contributed by atoms with Gasteiger partial charge < -0.3 is 15.3 Å². The van der Waals surface area contributed by atoms with E-state index in [1.54, 1.807) is 0 Å². The summed E-state index contributed by atoms with van der Waals surface area (Å²) >= 11 is 0. The van der Waals surface area contributed by atoms with Gasteiger partial charge in [-0.05, 0) is 44.7 Å². The van der Waals surface area contributed by atoms with Crippen LogP contribution in [0.25, 0.3) is 0 Å². The molecule has 0 aromatic rings. The van der Waals surface area contributed by atoms with Crippen molar-refractivity contribution >= 4 is 0 Å². The van der Waals surface area contributed by atoms with Gasteiger partial charge in [-0.3, -0.25) is 0 Å². The summed E-state index contributed by atoms with van der Waals surface area (Å²) in [4.78, 5) is 2.51. The van der Waals surface area contributed by atoms with E-state index >= 15 is 0 Å². The van der Waals surface area contributed by atoms with Crippen molar-refractivity contribution in [3.05, 3.63) is 0 Å². The summed E-state index contributed by atoms with van der Waals surface area (Å²) in [7, 11) is 0. The van der Waals surface area contributed by atoms with Crippen LogP contribution in [-0.4, -0.2) is 47.8 Å². The zero-order chi connectivity index (χ0) is 11.2. The molecule has 0 radical (unpaired) electrons. The van der Waals surface area contributed by atoms with Crippen LogP contribution in [0.2, 0.25) is 0 Å². The average Bonchev–Trinajstić information content (AvgIpc) is 2.69. The largest absolute Gasteiger partial charge is 0.388 e. The van der Waals surface area contributed by atoms with Gasteiger partial charge in [-0.15, -0.1) is 0 Å². The monoisotopic (exact) mass is 224 g/mol. The first-order valence-electron chi connectivity index (χ1n) is 6.86. The van der Waals surface area contributed by atoms with Crippen molar-refractivity contribution in [1.82, 2.24) is 10.2 Å². The molecule has 3 aliphatic heterocycles. The summed E-state index contributed by atoms with van der Waals surface area (Å²) in [5.74, 6) is 1.29. The Morgan fingerprint density at radius 2 is 2.19 bits per heavy atom. The van der Waals surface area contributed by atoms with E-state index in [9.17, 15) is 5.11 Å². The molecule has 0 spiro atoms. The molecule has 0 aromatic heterocycles. The number of rotatable bonds is 1. The lowest BCUT2D eigenvalue weighted by atomic mass is 9.72. The van der Waals surface area contributed by atoms with Crippen LogP contribution >= 0.6 is 0 Å². The van der Waals surface area contributed by atoms with E-state index < -0.39 is 5.60 Å². The summed E-state index contributed by atoms with van der Waals surface area (Å²) in [6.45, 7) is 6.84. The molecule has 2 N–H and O–H groups in total. The van der Waals surface area contributed by atoms with Crippen LogP contribution in [0.3, 0.4) is 0 Å². The van der Waals surface area contributed by atoms with E-state index in [1.807, 2.05) is 0 Å². The Labute approximate surface area is 98.2 Å². The van der Waals surface area contributed by atoms with Gasteiger partial charge in [0.2, 0.25) is 0 Å². The lowest BCUT2D eigenvalue weighted by Crippen LogP contribution is -2.61. The fourth-order valence-electron chi connectivity index (χ4n) is 3.93. The molecule has 3 nitrogen and oxygen atoms in total. The molecule has 3 aliphatic rings. The molecule has 0 aliphatic carbocycles. The van der Waals surface area contributed by atoms with Crippen LogP contribution in [0.5, 0.6) is 0 Å². The quantitative estimate of drug-likeness (QED) is 0.692. The summed E-state index contributed by atoms with van der Waals surface area (Å²) in [6.07, 6.45) is 4.60. The highest BCUT2D eigenvalue weighted by Gasteiger charge is 2.50. The molecule has 5 atom stereocenters. The van der Waals surface area contributed by atoms with Gasteiger partial charge in [0.1, 0.15) is 0 Å². The van der Waals surface area contributed by atoms with Gasteiger partial charge in [-0.2, -0.15) is 0 Å². The van der Waals surface area contributed by atoms with E-state index in [0.29, 0.717) is 12.0 Å². The molecular weight excluding hydrogens is 200 g/mol. The molecule has 5 unspecified atom stereocenters. The number of piperidine rings is 2. The van der Waals surface area contributed by atoms with Gasteiger partial charge in [-0.1, -0.05) is 6.92 Å². The minimum absolute atomic E-state index is 0.349. The highest BCUT2D eigenvalue weighted by atomic mass is 16.3. The summed E-state index contributed by atoms with van der Waals surface area (Å²) < 4.78 is 0. The highest BCUT2D eigenvalue weighted by molar-refractivity contribution is 5.05. The van der Waals surface area contributed by atoms with Gasteiger partial charge in [-0.25, -0.2) is 0 Å². The first-order valence-corrected chi connectivity index (χ1v) is 6.86. The molecular formula is C13H24N2O. The predicted octanol–water partition coefficient (Wildman–Crippen LogP) is 0.831. The Hall–Kier alpha value is -0.120. The Kier molecular flexibility index (Phi) is 2.73. The van der Waals surface area contributed by atoms with Crippen molar-refractivity contribution < 1.29 is 5.11 Å². The molecule has 2 bridgehead atoms. The zero-order valence-electron chi connectivity index (χ0n) is 10.3. The number of nitrogens with zero attached hydrogens (tertiary/aromatic N) is 1. The Balaban J connectivity index is 1.75. The number of hydrogen-bond acceptors (Lipinski definition) is 3. The first kappa shape index (κ1) is 11.0. The summed E-state index contributed by atoms with van der Waals surface area (Å²) in [5, 5.41) is 14.6. The second-order valence-electron chi connectivity index (χ2n) is 6.16. The molecule has 16 heavy (non-hydrogen) atoms. The van der Waals surface area contributed by atoms with Gasteiger partial charge in [0.25, 0.3) is 0 Å². The smallest absolute Gasteiger partial charge is 0.0852 e. The number of hydrogen-bond donors (Lipinski definition) is 2. The van der Waals surface area contributed by atoms with Crippen LogP contribution in [0.1, 0.15) is 32.6 Å². The maximum Gasteiger partial charge on any atom is 0.0852 e. The van der Waals surface area contributed by atoms with Crippen molar-refractivity contribution in [1.29, 1.82) is 0 Å². The molecule has 3 saturated heterocycles. The first-order chi connectivity index (χ1) is 7.68.